The minimum absolute atomic E-state index is 0.0776. The first-order valence-electron chi connectivity index (χ1n) is 7.41. The van der Waals surface area contributed by atoms with Gasteiger partial charge in [-0.25, -0.2) is 0 Å². The third-order valence-electron chi connectivity index (χ3n) is 3.48. The van der Waals surface area contributed by atoms with Gasteiger partial charge in [0.1, 0.15) is 0 Å². The van der Waals surface area contributed by atoms with Gasteiger partial charge in [0.2, 0.25) is 0 Å². The molecule has 0 atom stereocenters. The Morgan fingerprint density at radius 1 is 1.14 bits per heavy atom. The molecular weight excluding hydrogens is 292 g/mol. The van der Waals surface area contributed by atoms with Gasteiger partial charge in [0.25, 0.3) is 5.91 Å². The molecule has 0 aliphatic rings. The van der Waals surface area contributed by atoms with Crippen LogP contribution in [0, 0.1) is 0 Å². The van der Waals surface area contributed by atoms with E-state index in [4.69, 9.17) is 0 Å². The van der Waals surface area contributed by atoms with Gasteiger partial charge in [-0.05, 0) is 49.1 Å². The molecule has 116 valence electrons. The van der Waals surface area contributed by atoms with Crippen LogP contribution in [0.3, 0.4) is 0 Å². The lowest BCUT2D eigenvalue weighted by Crippen LogP contribution is -2.18. The van der Waals surface area contributed by atoms with Crippen LogP contribution in [-0.4, -0.2) is 25.8 Å². The summed E-state index contributed by atoms with van der Waals surface area (Å²) in [5.74, 6) is -0.0776. The van der Waals surface area contributed by atoms with E-state index in [9.17, 15) is 4.79 Å². The summed E-state index contributed by atoms with van der Waals surface area (Å²) in [6.07, 6.45) is 3.10. The number of thioether (sulfide) groups is 1. The Labute approximate surface area is 136 Å². The van der Waals surface area contributed by atoms with Gasteiger partial charge >= 0.3 is 0 Å². The van der Waals surface area contributed by atoms with E-state index in [-0.39, 0.29) is 5.91 Å². The quantitative estimate of drug-likeness (QED) is 0.796. The number of carbonyl (C=O) groups is 1. The average molecular weight is 314 g/mol. The average Bonchev–Trinajstić information content (AvgIpc) is 2.55. The highest BCUT2D eigenvalue weighted by Crippen LogP contribution is 2.25. The molecule has 4 heteroatoms. The zero-order valence-electron chi connectivity index (χ0n) is 13.3. The van der Waals surface area contributed by atoms with E-state index in [0.29, 0.717) is 5.56 Å². The number of para-hydroxylation sites is 1. The van der Waals surface area contributed by atoms with Crippen LogP contribution in [0.1, 0.15) is 23.7 Å². The second-order valence-electron chi connectivity index (χ2n) is 5.12. The number of nitrogens with zero attached hydrogens (tertiary/aromatic N) is 1. The third-order valence-corrected chi connectivity index (χ3v) is 4.28. The van der Waals surface area contributed by atoms with Crippen molar-refractivity contribution in [1.29, 1.82) is 0 Å². The minimum atomic E-state index is -0.0776. The Morgan fingerprint density at radius 3 is 2.45 bits per heavy atom. The fourth-order valence-electron chi connectivity index (χ4n) is 2.27. The molecule has 2 aromatic carbocycles. The van der Waals surface area contributed by atoms with E-state index in [2.05, 4.69) is 24.2 Å². The predicted molar refractivity (Wildman–Crippen MR) is 96.2 cm³/mol. The molecule has 22 heavy (non-hydrogen) atoms. The lowest BCUT2D eigenvalue weighted by atomic mass is 10.1. The van der Waals surface area contributed by atoms with Crippen molar-refractivity contribution < 1.29 is 4.79 Å². The van der Waals surface area contributed by atoms with Gasteiger partial charge in [-0.2, -0.15) is 0 Å². The number of rotatable bonds is 6. The van der Waals surface area contributed by atoms with E-state index in [0.717, 1.165) is 29.2 Å². The molecule has 0 aliphatic carbocycles. The largest absolute Gasteiger partial charge is 0.375 e. The lowest BCUT2D eigenvalue weighted by molar-refractivity contribution is 0.102. The fourth-order valence-corrected chi connectivity index (χ4v) is 2.83. The van der Waals surface area contributed by atoms with Gasteiger partial charge in [0.05, 0.1) is 5.69 Å². The molecule has 1 amide bonds. The molecule has 1 N–H and O–H groups in total. The van der Waals surface area contributed by atoms with Gasteiger partial charge < -0.3 is 10.2 Å². The second-order valence-corrected chi connectivity index (χ2v) is 5.97. The van der Waals surface area contributed by atoms with Crippen LogP contribution >= 0.6 is 11.8 Å². The standard InChI is InChI=1S/C18H22N2OS/c1-4-13-20(2)15-11-9-14(10-12-15)18(21)19-16-7-5-6-8-17(16)22-3/h5-12H,4,13H2,1-3H3,(H,19,21). The van der Waals surface area contributed by atoms with Crippen LogP contribution in [0.4, 0.5) is 11.4 Å². The normalized spacial score (nSPS) is 10.3. The Balaban J connectivity index is 2.10. The van der Waals surface area contributed by atoms with Crippen LogP contribution in [0.5, 0.6) is 0 Å². The number of benzene rings is 2. The first-order valence-corrected chi connectivity index (χ1v) is 8.63. The molecule has 2 rings (SSSR count). The van der Waals surface area contributed by atoms with Crippen molar-refractivity contribution in [1.82, 2.24) is 0 Å². The van der Waals surface area contributed by atoms with E-state index >= 15 is 0 Å². The Kier molecular flexibility index (Phi) is 5.90. The summed E-state index contributed by atoms with van der Waals surface area (Å²) in [5, 5.41) is 2.98. The predicted octanol–water partition coefficient (Wildman–Crippen LogP) is 4.51. The maximum absolute atomic E-state index is 12.4. The zero-order chi connectivity index (χ0) is 15.9. The van der Waals surface area contributed by atoms with Crippen molar-refractivity contribution >= 4 is 29.0 Å². The van der Waals surface area contributed by atoms with Crippen molar-refractivity contribution in [2.24, 2.45) is 0 Å². The van der Waals surface area contributed by atoms with Crippen molar-refractivity contribution in [3.05, 3.63) is 54.1 Å². The molecule has 0 saturated carbocycles. The third kappa shape index (κ3) is 4.04. The molecule has 0 unspecified atom stereocenters. The first-order chi connectivity index (χ1) is 10.7. The fraction of sp³-hybridized carbons (Fsp3) is 0.278. The van der Waals surface area contributed by atoms with Crippen LogP contribution in [0.2, 0.25) is 0 Å². The van der Waals surface area contributed by atoms with Crippen molar-refractivity contribution in [2.45, 2.75) is 18.2 Å². The molecule has 0 heterocycles. The molecule has 0 saturated heterocycles. The topological polar surface area (TPSA) is 32.3 Å². The Bertz CT molecular complexity index is 625. The summed E-state index contributed by atoms with van der Waals surface area (Å²) in [7, 11) is 2.06. The smallest absolute Gasteiger partial charge is 0.255 e. The highest BCUT2D eigenvalue weighted by Gasteiger charge is 2.09. The van der Waals surface area contributed by atoms with Gasteiger partial charge in [-0.3, -0.25) is 4.79 Å². The van der Waals surface area contributed by atoms with Gasteiger partial charge in [0.15, 0.2) is 0 Å². The van der Waals surface area contributed by atoms with Crippen molar-refractivity contribution in [3.8, 4) is 0 Å². The second kappa shape index (κ2) is 7.90. The lowest BCUT2D eigenvalue weighted by Gasteiger charge is -2.18. The highest BCUT2D eigenvalue weighted by molar-refractivity contribution is 7.98. The maximum atomic E-state index is 12.4. The summed E-state index contributed by atoms with van der Waals surface area (Å²) in [6, 6.07) is 15.6. The van der Waals surface area contributed by atoms with Crippen LogP contribution in [-0.2, 0) is 0 Å². The van der Waals surface area contributed by atoms with Crippen molar-refractivity contribution in [2.75, 3.05) is 30.1 Å². The summed E-state index contributed by atoms with van der Waals surface area (Å²) in [4.78, 5) is 15.6. The monoisotopic (exact) mass is 314 g/mol. The van der Waals surface area contributed by atoms with E-state index < -0.39 is 0 Å². The van der Waals surface area contributed by atoms with Crippen LogP contribution in [0.15, 0.2) is 53.4 Å². The van der Waals surface area contributed by atoms with E-state index in [1.165, 1.54) is 0 Å². The molecule has 2 aromatic rings. The summed E-state index contributed by atoms with van der Waals surface area (Å²) in [6.45, 7) is 3.16. The Hall–Kier alpha value is -1.94. The molecule has 0 spiro atoms. The SMILES string of the molecule is CCCN(C)c1ccc(C(=O)Nc2ccccc2SC)cc1. The number of hydrogen-bond donors (Lipinski definition) is 1. The van der Waals surface area contributed by atoms with Crippen molar-refractivity contribution in [3.63, 3.8) is 0 Å². The highest BCUT2D eigenvalue weighted by atomic mass is 32.2. The number of carbonyl (C=O) groups excluding carboxylic acids is 1. The van der Waals surface area contributed by atoms with Gasteiger partial charge in [-0.1, -0.05) is 19.1 Å². The first kappa shape index (κ1) is 16.4. The Morgan fingerprint density at radius 2 is 1.82 bits per heavy atom. The molecular formula is C18H22N2OS. The molecule has 0 aliphatic heterocycles. The number of nitrogens with one attached hydrogen (secondary N) is 1. The zero-order valence-corrected chi connectivity index (χ0v) is 14.1. The number of amides is 1. The summed E-state index contributed by atoms with van der Waals surface area (Å²) < 4.78 is 0. The van der Waals surface area contributed by atoms with Gasteiger partial charge in [-0.15, -0.1) is 11.8 Å². The van der Waals surface area contributed by atoms with E-state index in [1.807, 2.05) is 54.8 Å². The number of anilines is 2. The van der Waals surface area contributed by atoms with Crippen LogP contribution < -0.4 is 10.2 Å². The number of hydrogen-bond acceptors (Lipinski definition) is 3. The molecule has 0 bridgehead atoms. The van der Waals surface area contributed by atoms with E-state index in [1.54, 1.807) is 11.8 Å². The minimum Gasteiger partial charge on any atom is -0.375 e. The summed E-state index contributed by atoms with van der Waals surface area (Å²) in [5.41, 5.74) is 2.65. The van der Waals surface area contributed by atoms with Crippen LogP contribution in [0.25, 0.3) is 0 Å². The molecule has 3 nitrogen and oxygen atoms in total. The summed E-state index contributed by atoms with van der Waals surface area (Å²) >= 11 is 1.62. The molecule has 0 fully saturated rings. The van der Waals surface area contributed by atoms with Gasteiger partial charge in [0, 0.05) is 29.7 Å². The maximum Gasteiger partial charge on any atom is 0.255 e. The molecule has 0 aromatic heterocycles. The molecule has 0 radical (unpaired) electrons.